The number of fused-ring (bicyclic) bond motifs is 4. The molecule has 1 spiro atoms. The smallest absolute Gasteiger partial charge is 0.270 e. The van der Waals surface area contributed by atoms with E-state index < -0.39 is 11.3 Å². The molecule has 1 atom stereocenters. The standard InChI is InChI=1S/C16H15ClN4O3/c1-7(2)21-13-11(14(23)20-21)16(6-10(22)18-13)8-4-3-5-9(17)12(8)19-15(16)24/h3-5,7H,6H2,1-2H3,(H,18,22)(H,19,24)(H,20,23)/t16-/m0/s1. The van der Waals surface area contributed by atoms with Crippen molar-refractivity contribution in [1.29, 1.82) is 0 Å². The van der Waals surface area contributed by atoms with E-state index in [1.165, 1.54) is 0 Å². The highest BCUT2D eigenvalue weighted by Crippen LogP contribution is 2.50. The molecule has 0 radical (unpaired) electrons. The first-order valence-corrected chi connectivity index (χ1v) is 7.99. The molecule has 0 unspecified atom stereocenters. The molecule has 1 aromatic heterocycles. The highest BCUT2D eigenvalue weighted by atomic mass is 35.5. The van der Waals surface area contributed by atoms with Gasteiger partial charge in [0.15, 0.2) is 0 Å². The summed E-state index contributed by atoms with van der Waals surface area (Å²) in [4.78, 5) is 37.9. The number of nitrogens with one attached hydrogen (secondary N) is 3. The monoisotopic (exact) mass is 346 g/mol. The second-order valence-corrected chi connectivity index (χ2v) is 6.78. The Morgan fingerprint density at radius 3 is 2.67 bits per heavy atom. The fraction of sp³-hybridized carbons (Fsp3) is 0.312. The van der Waals surface area contributed by atoms with Crippen molar-refractivity contribution >= 4 is 34.9 Å². The Bertz CT molecular complexity index is 959. The van der Waals surface area contributed by atoms with Crippen molar-refractivity contribution in [3.8, 4) is 0 Å². The highest BCUT2D eigenvalue weighted by Gasteiger charge is 2.56. The second kappa shape index (κ2) is 4.73. The SMILES string of the molecule is CC(C)n1[nH]c(=O)c2c1NC(=O)C[C@@]21C(=O)Nc2c(Cl)cccc21. The van der Waals surface area contributed by atoms with Crippen LogP contribution in [0.25, 0.3) is 0 Å². The summed E-state index contributed by atoms with van der Waals surface area (Å²) in [5.74, 6) is -0.387. The third-order valence-corrected chi connectivity index (χ3v) is 4.97. The number of rotatable bonds is 1. The molecule has 0 fully saturated rings. The summed E-state index contributed by atoms with van der Waals surface area (Å²) >= 11 is 6.19. The molecular formula is C16H15ClN4O3. The van der Waals surface area contributed by atoms with Crippen molar-refractivity contribution in [2.75, 3.05) is 10.6 Å². The van der Waals surface area contributed by atoms with Gasteiger partial charge in [-0.15, -0.1) is 0 Å². The van der Waals surface area contributed by atoms with Crippen molar-refractivity contribution in [3.63, 3.8) is 0 Å². The molecule has 0 saturated heterocycles. The number of para-hydroxylation sites is 1. The van der Waals surface area contributed by atoms with Gasteiger partial charge in [0.25, 0.3) is 5.56 Å². The zero-order valence-electron chi connectivity index (χ0n) is 13.1. The van der Waals surface area contributed by atoms with Gasteiger partial charge in [-0.05, 0) is 25.5 Å². The van der Waals surface area contributed by atoms with Crippen molar-refractivity contribution in [3.05, 3.63) is 44.7 Å². The van der Waals surface area contributed by atoms with Crippen molar-refractivity contribution in [2.24, 2.45) is 0 Å². The van der Waals surface area contributed by atoms with Gasteiger partial charge in [-0.1, -0.05) is 23.7 Å². The number of amides is 2. The van der Waals surface area contributed by atoms with Crippen LogP contribution in [0, 0.1) is 0 Å². The minimum atomic E-state index is -1.36. The number of nitrogens with zero attached hydrogens (tertiary/aromatic N) is 1. The van der Waals surface area contributed by atoms with Gasteiger partial charge in [0.1, 0.15) is 11.2 Å². The largest absolute Gasteiger partial charge is 0.323 e. The number of anilines is 2. The van der Waals surface area contributed by atoms with E-state index in [1.54, 1.807) is 22.9 Å². The molecule has 3 N–H and O–H groups in total. The number of halogens is 1. The number of benzene rings is 1. The summed E-state index contributed by atoms with van der Waals surface area (Å²) in [6.45, 7) is 3.76. The summed E-state index contributed by atoms with van der Waals surface area (Å²) in [7, 11) is 0. The van der Waals surface area contributed by atoms with E-state index in [0.29, 0.717) is 22.1 Å². The van der Waals surface area contributed by atoms with E-state index in [2.05, 4.69) is 15.7 Å². The summed E-state index contributed by atoms with van der Waals surface area (Å²) in [6, 6.07) is 5.02. The highest BCUT2D eigenvalue weighted by molar-refractivity contribution is 6.35. The molecule has 0 aliphatic carbocycles. The third kappa shape index (κ3) is 1.70. The average molecular weight is 347 g/mol. The summed E-state index contributed by atoms with van der Waals surface area (Å²) in [5.41, 5.74) is -0.466. The first-order valence-electron chi connectivity index (χ1n) is 7.61. The number of aromatic amines is 1. The number of H-pyrrole nitrogens is 1. The van der Waals surface area contributed by atoms with Gasteiger partial charge in [0.05, 0.1) is 22.7 Å². The number of carbonyl (C=O) groups excluding carboxylic acids is 2. The number of aromatic nitrogens is 2. The van der Waals surface area contributed by atoms with Gasteiger partial charge in [-0.3, -0.25) is 24.2 Å². The number of carbonyl (C=O) groups is 2. The molecule has 7 nitrogen and oxygen atoms in total. The Labute approximate surface area is 142 Å². The Morgan fingerprint density at radius 2 is 1.96 bits per heavy atom. The molecule has 4 rings (SSSR count). The lowest BCUT2D eigenvalue weighted by Gasteiger charge is -2.31. The minimum Gasteiger partial charge on any atom is -0.323 e. The summed E-state index contributed by atoms with van der Waals surface area (Å²) in [5, 5.41) is 8.57. The minimum absolute atomic E-state index is 0.0832. The van der Waals surface area contributed by atoms with Crippen molar-refractivity contribution in [2.45, 2.75) is 31.7 Å². The molecular weight excluding hydrogens is 332 g/mol. The van der Waals surface area contributed by atoms with E-state index in [1.807, 2.05) is 13.8 Å². The van der Waals surface area contributed by atoms with Crippen LogP contribution in [-0.4, -0.2) is 21.6 Å². The molecule has 2 aromatic rings. The van der Waals surface area contributed by atoms with Crippen LogP contribution in [0.4, 0.5) is 11.5 Å². The fourth-order valence-electron chi connectivity index (χ4n) is 3.63. The lowest BCUT2D eigenvalue weighted by molar-refractivity contribution is -0.125. The van der Waals surface area contributed by atoms with Crippen LogP contribution in [0.5, 0.6) is 0 Å². The van der Waals surface area contributed by atoms with Gasteiger partial charge in [-0.2, -0.15) is 0 Å². The normalized spacial score (nSPS) is 21.7. The lowest BCUT2D eigenvalue weighted by Crippen LogP contribution is -2.46. The van der Waals surface area contributed by atoms with E-state index in [-0.39, 0.29) is 29.5 Å². The van der Waals surface area contributed by atoms with Crippen LogP contribution in [0.3, 0.4) is 0 Å². The Kier molecular flexibility index (Phi) is 2.96. The van der Waals surface area contributed by atoms with Gasteiger partial charge in [0.2, 0.25) is 11.8 Å². The third-order valence-electron chi connectivity index (χ3n) is 4.65. The zero-order valence-corrected chi connectivity index (χ0v) is 13.8. The number of hydrogen-bond acceptors (Lipinski definition) is 3. The van der Waals surface area contributed by atoms with E-state index in [0.717, 1.165) is 0 Å². The molecule has 8 heteroatoms. The van der Waals surface area contributed by atoms with Crippen LogP contribution in [0.1, 0.15) is 37.4 Å². The quantitative estimate of drug-likeness (QED) is 0.736. The Morgan fingerprint density at radius 1 is 1.21 bits per heavy atom. The van der Waals surface area contributed by atoms with Gasteiger partial charge in [-0.25, -0.2) is 0 Å². The maximum Gasteiger partial charge on any atom is 0.270 e. The maximum atomic E-state index is 12.9. The Hall–Kier alpha value is -2.54. The topological polar surface area (TPSA) is 96.0 Å². The first kappa shape index (κ1) is 15.0. The molecule has 2 aliphatic heterocycles. The predicted octanol–water partition coefficient (Wildman–Crippen LogP) is 1.99. The van der Waals surface area contributed by atoms with Crippen LogP contribution >= 0.6 is 11.6 Å². The molecule has 1 aromatic carbocycles. The van der Waals surface area contributed by atoms with Crippen molar-refractivity contribution < 1.29 is 9.59 Å². The molecule has 3 heterocycles. The lowest BCUT2D eigenvalue weighted by atomic mass is 9.71. The molecule has 2 aliphatic rings. The van der Waals surface area contributed by atoms with Crippen LogP contribution in [0.2, 0.25) is 5.02 Å². The van der Waals surface area contributed by atoms with Gasteiger partial charge >= 0.3 is 0 Å². The average Bonchev–Trinajstić information content (AvgIpc) is 2.98. The second-order valence-electron chi connectivity index (χ2n) is 6.38. The molecule has 0 saturated carbocycles. The summed E-state index contributed by atoms with van der Waals surface area (Å²) < 4.78 is 1.58. The van der Waals surface area contributed by atoms with E-state index in [4.69, 9.17) is 11.6 Å². The molecule has 24 heavy (non-hydrogen) atoms. The Balaban J connectivity index is 2.10. The molecule has 124 valence electrons. The van der Waals surface area contributed by atoms with Crippen molar-refractivity contribution in [1.82, 2.24) is 9.78 Å². The first-order chi connectivity index (χ1) is 11.4. The predicted molar refractivity (Wildman–Crippen MR) is 89.5 cm³/mol. The fourth-order valence-corrected chi connectivity index (χ4v) is 3.86. The van der Waals surface area contributed by atoms with Crippen LogP contribution in [-0.2, 0) is 15.0 Å². The molecule has 0 bridgehead atoms. The zero-order chi connectivity index (χ0) is 17.2. The summed E-state index contributed by atoms with van der Waals surface area (Å²) in [6.07, 6.45) is -0.135. The maximum absolute atomic E-state index is 12.9. The van der Waals surface area contributed by atoms with Crippen LogP contribution < -0.4 is 16.2 Å². The number of hydrogen-bond donors (Lipinski definition) is 3. The van der Waals surface area contributed by atoms with Crippen LogP contribution in [0.15, 0.2) is 23.0 Å². The van der Waals surface area contributed by atoms with E-state index in [9.17, 15) is 14.4 Å². The molecule has 2 amide bonds. The van der Waals surface area contributed by atoms with Gasteiger partial charge < -0.3 is 10.6 Å². The van der Waals surface area contributed by atoms with E-state index >= 15 is 0 Å². The van der Waals surface area contributed by atoms with Gasteiger partial charge in [0, 0.05) is 6.04 Å².